The summed E-state index contributed by atoms with van der Waals surface area (Å²) in [6.07, 6.45) is 5.61. The molecule has 0 saturated heterocycles. The normalized spacial score (nSPS) is 11.6. The molecule has 0 N–H and O–H groups in total. The van der Waals surface area contributed by atoms with Crippen molar-refractivity contribution in [2.45, 2.75) is 45.6 Å². The molecule has 0 amide bonds. The number of ether oxygens (including phenoxy) is 3. The average Bonchev–Trinajstić information content (AvgIpc) is 2.60. The molecule has 1 aromatic carbocycles. The van der Waals surface area contributed by atoms with Gasteiger partial charge in [0.2, 0.25) is 0 Å². The van der Waals surface area contributed by atoms with Crippen LogP contribution in [0, 0.1) is 0 Å². The predicted octanol–water partition coefficient (Wildman–Crippen LogP) is 7.06. The zero-order chi connectivity index (χ0) is 21.7. The van der Waals surface area contributed by atoms with Gasteiger partial charge in [-0.1, -0.05) is 51.6 Å². The lowest BCUT2D eigenvalue weighted by molar-refractivity contribution is 0.00128. The summed E-state index contributed by atoms with van der Waals surface area (Å²) in [6.45, 7) is 7.77. The lowest BCUT2D eigenvalue weighted by Gasteiger charge is -2.14. The van der Waals surface area contributed by atoms with E-state index in [0.29, 0.717) is 47.8 Å². The third-order valence-electron chi connectivity index (χ3n) is 3.18. The Balaban J connectivity index is 2.20. The summed E-state index contributed by atoms with van der Waals surface area (Å²) in [4.78, 5) is 5.24. The summed E-state index contributed by atoms with van der Waals surface area (Å²) in [5.74, 6) is 0.936. The molecule has 0 radical (unpaired) electrons. The number of benzene rings is 1. The van der Waals surface area contributed by atoms with E-state index in [-0.39, 0.29) is 16.7 Å². The SMILES string of the molecule is CC(C)(C)O/N=C/CCOCCCCOc1c(Cl)cc(OCC=C(Cl)Cl)cc1Cl. The van der Waals surface area contributed by atoms with Gasteiger partial charge in [-0.25, -0.2) is 0 Å². The molecule has 1 aromatic rings. The van der Waals surface area contributed by atoms with Gasteiger partial charge in [-0.2, -0.15) is 0 Å². The second kappa shape index (κ2) is 14.2. The Morgan fingerprint density at radius 1 is 1.00 bits per heavy atom. The summed E-state index contributed by atoms with van der Waals surface area (Å²) in [5, 5.41) is 4.65. The Morgan fingerprint density at radius 2 is 1.66 bits per heavy atom. The van der Waals surface area contributed by atoms with Gasteiger partial charge in [0.15, 0.2) is 5.75 Å². The van der Waals surface area contributed by atoms with Crippen molar-refractivity contribution in [3.8, 4) is 11.5 Å². The maximum atomic E-state index is 6.22. The van der Waals surface area contributed by atoms with E-state index in [4.69, 9.17) is 65.5 Å². The van der Waals surface area contributed by atoms with Gasteiger partial charge in [0.1, 0.15) is 22.4 Å². The molecule has 0 saturated carbocycles. The largest absolute Gasteiger partial charge is 0.490 e. The van der Waals surface area contributed by atoms with Gasteiger partial charge in [0.25, 0.3) is 0 Å². The molecule has 0 aromatic heterocycles. The van der Waals surface area contributed by atoms with Crippen LogP contribution in [-0.4, -0.2) is 38.2 Å². The number of oxime groups is 1. The lowest BCUT2D eigenvalue weighted by Crippen LogP contribution is -2.15. The van der Waals surface area contributed by atoms with E-state index in [9.17, 15) is 0 Å². The fourth-order valence-corrected chi connectivity index (χ4v) is 2.63. The molecule has 0 heterocycles. The summed E-state index contributed by atoms with van der Waals surface area (Å²) < 4.78 is 16.8. The van der Waals surface area contributed by atoms with Gasteiger partial charge in [-0.05, 0) is 39.7 Å². The van der Waals surface area contributed by atoms with Crippen molar-refractivity contribution in [3.63, 3.8) is 0 Å². The minimum atomic E-state index is -0.271. The fraction of sp³-hybridized carbons (Fsp3) is 0.550. The van der Waals surface area contributed by atoms with Gasteiger partial charge in [-0.15, -0.1) is 0 Å². The maximum Gasteiger partial charge on any atom is 0.156 e. The summed E-state index contributed by atoms with van der Waals surface area (Å²) in [7, 11) is 0. The van der Waals surface area contributed by atoms with Crippen LogP contribution in [0.2, 0.25) is 10.0 Å². The first-order valence-electron chi connectivity index (χ1n) is 9.22. The molecule has 29 heavy (non-hydrogen) atoms. The number of halogens is 4. The molecular formula is C20H27Cl4NO4. The topological polar surface area (TPSA) is 49.3 Å². The quantitative estimate of drug-likeness (QED) is 0.170. The molecule has 0 atom stereocenters. The average molecular weight is 487 g/mol. The highest BCUT2D eigenvalue weighted by atomic mass is 35.5. The van der Waals surface area contributed by atoms with Crippen LogP contribution in [0.25, 0.3) is 0 Å². The van der Waals surface area contributed by atoms with E-state index in [1.165, 1.54) is 6.08 Å². The molecule has 9 heteroatoms. The van der Waals surface area contributed by atoms with Gasteiger partial charge in [0.05, 0.1) is 23.3 Å². The number of unbranched alkanes of at least 4 members (excludes halogenated alkanes) is 1. The Morgan fingerprint density at radius 3 is 2.28 bits per heavy atom. The molecule has 0 fully saturated rings. The van der Waals surface area contributed by atoms with Crippen LogP contribution in [0.15, 0.2) is 27.9 Å². The van der Waals surface area contributed by atoms with E-state index >= 15 is 0 Å². The molecule has 5 nitrogen and oxygen atoms in total. The van der Waals surface area contributed by atoms with Crippen LogP contribution in [0.5, 0.6) is 11.5 Å². The minimum Gasteiger partial charge on any atom is -0.490 e. The first-order chi connectivity index (χ1) is 13.7. The second-order valence-corrected chi connectivity index (χ2v) is 8.79. The number of hydrogen-bond acceptors (Lipinski definition) is 5. The number of rotatable bonds is 13. The summed E-state index contributed by atoms with van der Waals surface area (Å²) >= 11 is 23.5. The van der Waals surface area contributed by atoms with E-state index in [1.807, 2.05) is 20.8 Å². The van der Waals surface area contributed by atoms with Crippen molar-refractivity contribution < 1.29 is 19.0 Å². The highest BCUT2D eigenvalue weighted by molar-refractivity contribution is 6.55. The predicted molar refractivity (Wildman–Crippen MR) is 121 cm³/mol. The maximum absolute atomic E-state index is 6.22. The summed E-state index contributed by atoms with van der Waals surface area (Å²) in [5.41, 5.74) is -0.271. The van der Waals surface area contributed by atoms with Crippen molar-refractivity contribution in [3.05, 3.63) is 32.7 Å². The highest BCUT2D eigenvalue weighted by Crippen LogP contribution is 2.37. The van der Waals surface area contributed by atoms with Crippen LogP contribution in [0.1, 0.15) is 40.0 Å². The van der Waals surface area contributed by atoms with Crippen LogP contribution >= 0.6 is 46.4 Å². The molecule has 1 rings (SSSR count). The second-order valence-electron chi connectivity index (χ2n) is 6.97. The van der Waals surface area contributed by atoms with Crippen LogP contribution in [0.4, 0.5) is 0 Å². The summed E-state index contributed by atoms with van der Waals surface area (Å²) in [6, 6.07) is 3.26. The molecule has 0 aliphatic heterocycles. The Hall–Kier alpha value is -0.850. The molecule has 0 spiro atoms. The molecule has 164 valence electrons. The van der Waals surface area contributed by atoms with Crippen molar-refractivity contribution in [2.24, 2.45) is 5.16 Å². The molecule has 0 aliphatic carbocycles. The van der Waals surface area contributed by atoms with Crippen molar-refractivity contribution in [2.75, 3.05) is 26.4 Å². The number of nitrogens with zero attached hydrogens (tertiary/aromatic N) is 1. The zero-order valence-corrected chi connectivity index (χ0v) is 19.9. The molecule has 0 aliphatic rings. The number of hydrogen-bond donors (Lipinski definition) is 0. The van der Waals surface area contributed by atoms with E-state index in [2.05, 4.69) is 5.16 Å². The van der Waals surface area contributed by atoms with Gasteiger partial charge in [0, 0.05) is 31.4 Å². The molecular weight excluding hydrogens is 460 g/mol. The lowest BCUT2D eigenvalue weighted by atomic mass is 10.2. The monoisotopic (exact) mass is 485 g/mol. The highest BCUT2D eigenvalue weighted by Gasteiger charge is 2.11. The Bertz CT molecular complexity index is 648. The first kappa shape index (κ1) is 26.2. The third-order valence-corrected chi connectivity index (χ3v) is 4.05. The van der Waals surface area contributed by atoms with Crippen molar-refractivity contribution in [1.82, 2.24) is 0 Å². The third kappa shape index (κ3) is 13.1. The van der Waals surface area contributed by atoms with Gasteiger partial charge >= 0.3 is 0 Å². The van der Waals surface area contributed by atoms with Crippen LogP contribution < -0.4 is 9.47 Å². The van der Waals surface area contributed by atoms with Gasteiger partial charge < -0.3 is 19.0 Å². The van der Waals surface area contributed by atoms with E-state index < -0.39 is 0 Å². The van der Waals surface area contributed by atoms with Gasteiger partial charge in [-0.3, -0.25) is 0 Å². The molecule has 0 bridgehead atoms. The van der Waals surface area contributed by atoms with Crippen LogP contribution in [0.3, 0.4) is 0 Å². The van der Waals surface area contributed by atoms with Crippen LogP contribution in [-0.2, 0) is 9.57 Å². The standard InChI is InChI=1S/C20H27Cl4NO4/c1-20(2,3)29-25-8-6-10-26-9-4-5-11-28-19-16(21)13-15(14-17(19)22)27-12-7-18(23)24/h7-8,13-14H,4-6,9-12H2,1-3H3/b25-8+. The first-order valence-corrected chi connectivity index (χ1v) is 10.7. The Labute approximate surface area is 192 Å². The van der Waals surface area contributed by atoms with E-state index in [0.717, 1.165) is 12.8 Å². The molecule has 0 unspecified atom stereocenters. The minimum absolute atomic E-state index is 0.133. The van der Waals surface area contributed by atoms with Crippen molar-refractivity contribution >= 4 is 52.6 Å². The van der Waals surface area contributed by atoms with E-state index in [1.54, 1.807) is 18.3 Å². The fourth-order valence-electron chi connectivity index (χ4n) is 1.93. The smallest absolute Gasteiger partial charge is 0.156 e. The zero-order valence-electron chi connectivity index (χ0n) is 16.9. The Kier molecular flexibility index (Phi) is 12.8. The van der Waals surface area contributed by atoms with Crippen molar-refractivity contribution in [1.29, 1.82) is 0 Å².